The lowest BCUT2D eigenvalue weighted by Crippen LogP contribution is -2.20. The summed E-state index contributed by atoms with van der Waals surface area (Å²) in [5.41, 5.74) is 2.63. The van der Waals surface area contributed by atoms with Crippen molar-refractivity contribution < 1.29 is 14.3 Å². The number of hydrogen-bond acceptors (Lipinski definition) is 3. The average Bonchev–Trinajstić information content (AvgIpc) is 2.50. The first-order valence-corrected chi connectivity index (χ1v) is 7.01. The van der Waals surface area contributed by atoms with Crippen LogP contribution in [0.15, 0.2) is 48.5 Å². The average molecular weight is 298 g/mol. The molecular weight excluding hydrogens is 280 g/mol. The van der Waals surface area contributed by atoms with E-state index in [1.54, 1.807) is 31.2 Å². The molecule has 2 N–H and O–H groups in total. The second-order valence-corrected chi connectivity index (χ2v) is 4.70. The zero-order valence-electron chi connectivity index (χ0n) is 12.6. The van der Waals surface area contributed by atoms with Crippen LogP contribution in [-0.4, -0.2) is 18.6 Å². The summed E-state index contributed by atoms with van der Waals surface area (Å²) in [4.78, 5) is 23.7. The van der Waals surface area contributed by atoms with Crippen LogP contribution in [0.3, 0.4) is 0 Å². The maximum atomic E-state index is 12.0. The fourth-order valence-electron chi connectivity index (χ4n) is 1.94. The van der Waals surface area contributed by atoms with Crippen molar-refractivity contribution in [3.8, 4) is 0 Å². The molecule has 0 aliphatic rings. The van der Waals surface area contributed by atoms with Gasteiger partial charge in [0.15, 0.2) is 0 Å². The summed E-state index contributed by atoms with van der Waals surface area (Å²) < 4.78 is 4.93. The molecule has 0 heterocycles. The van der Waals surface area contributed by atoms with Crippen LogP contribution in [-0.2, 0) is 4.74 Å². The van der Waals surface area contributed by atoms with Crippen LogP contribution in [0.2, 0.25) is 0 Å². The van der Waals surface area contributed by atoms with E-state index in [0.717, 1.165) is 11.3 Å². The number of carbonyl (C=O) groups excluding carboxylic acids is 2. The van der Waals surface area contributed by atoms with Crippen molar-refractivity contribution in [3.05, 3.63) is 59.7 Å². The molecule has 0 aliphatic heterocycles. The van der Waals surface area contributed by atoms with Crippen molar-refractivity contribution in [1.29, 1.82) is 0 Å². The maximum absolute atomic E-state index is 12.0. The van der Waals surface area contributed by atoms with Crippen LogP contribution < -0.4 is 10.6 Å². The van der Waals surface area contributed by atoms with E-state index in [2.05, 4.69) is 10.6 Å². The van der Waals surface area contributed by atoms with E-state index < -0.39 is 5.97 Å². The lowest BCUT2D eigenvalue weighted by atomic mass is 10.2. The van der Waals surface area contributed by atoms with Crippen molar-refractivity contribution in [2.75, 3.05) is 17.2 Å². The Hall–Kier alpha value is -2.82. The molecule has 22 heavy (non-hydrogen) atoms. The Bertz CT molecular complexity index is 683. The lowest BCUT2D eigenvalue weighted by Gasteiger charge is -2.10. The van der Waals surface area contributed by atoms with Crippen LogP contribution >= 0.6 is 0 Å². The van der Waals surface area contributed by atoms with E-state index in [1.807, 2.05) is 31.2 Å². The predicted octanol–water partition coefficient (Wildman–Crippen LogP) is 3.82. The first-order chi connectivity index (χ1) is 10.6. The predicted molar refractivity (Wildman–Crippen MR) is 86.2 cm³/mol. The highest BCUT2D eigenvalue weighted by molar-refractivity contribution is 6.01. The van der Waals surface area contributed by atoms with E-state index in [-0.39, 0.29) is 6.03 Å². The molecule has 0 aromatic heterocycles. The number of para-hydroxylation sites is 1. The van der Waals surface area contributed by atoms with E-state index in [4.69, 9.17) is 4.74 Å². The third-order valence-electron chi connectivity index (χ3n) is 3.02. The smallest absolute Gasteiger partial charge is 0.338 e. The van der Waals surface area contributed by atoms with Crippen molar-refractivity contribution in [2.45, 2.75) is 13.8 Å². The van der Waals surface area contributed by atoms with Crippen LogP contribution in [0.4, 0.5) is 16.2 Å². The highest BCUT2D eigenvalue weighted by atomic mass is 16.5. The summed E-state index contributed by atoms with van der Waals surface area (Å²) in [6.07, 6.45) is 0. The number of urea groups is 1. The standard InChI is InChI=1S/C17H18N2O3/c1-3-22-16(20)13-8-6-9-14(11-13)18-17(21)19-15-10-5-4-7-12(15)2/h4-11H,3H2,1-2H3,(H2,18,19,21). The van der Waals surface area contributed by atoms with Crippen LogP contribution in [0.5, 0.6) is 0 Å². The summed E-state index contributed by atoms with van der Waals surface area (Å²) >= 11 is 0. The molecule has 0 spiro atoms. The first kappa shape index (κ1) is 15.6. The maximum Gasteiger partial charge on any atom is 0.338 e. The van der Waals surface area contributed by atoms with E-state index in [1.165, 1.54) is 0 Å². The van der Waals surface area contributed by atoms with Gasteiger partial charge in [-0.3, -0.25) is 0 Å². The molecule has 0 atom stereocenters. The fourth-order valence-corrected chi connectivity index (χ4v) is 1.94. The minimum absolute atomic E-state index is 0.310. The number of carbonyl (C=O) groups is 2. The Morgan fingerprint density at radius 3 is 2.55 bits per heavy atom. The number of esters is 1. The van der Waals surface area contributed by atoms with Gasteiger partial charge in [0.25, 0.3) is 0 Å². The summed E-state index contributed by atoms with van der Waals surface area (Å²) in [6, 6.07) is 13.7. The van der Waals surface area contributed by atoms with Gasteiger partial charge >= 0.3 is 12.0 Å². The van der Waals surface area contributed by atoms with E-state index in [0.29, 0.717) is 17.9 Å². The Morgan fingerprint density at radius 2 is 1.82 bits per heavy atom. The molecule has 0 bridgehead atoms. The minimum Gasteiger partial charge on any atom is -0.462 e. The van der Waals surface area contributed by atoms with Gasteiger partial charge in [0.2, 0.25) is 0 Å². The highest BCUT2D eigenvalue weighted by Crippen LogP contribution is 2.15. The Morgan fingerprint density at radius 1 is 1.05 bits per heavy atom. The Labute approximate surface area is 129 Å². The molecule has 114 valence electrons. The first-order valence-electron chi connectivity index (χ1n) is 7.01. The minimum atomic E-state index is -0.412. The molecule has 5 heteroatoms. The SMILES string of the molecule is CCOC(=O)c1cccc(NC(=O)Nc2ccccc2C)c1. The van der Waals surface area contributed by atoms with Crippen molar-refractivity contribution in [1.82, 2.24) is 0 Å². The van der Waals surface area contributed by atoms with Gasteiger partial charge in [0, 0.05) is 11.4 Å². The Kier molecular flexibility index (Phi) is 5.14. The van der Waals surface area contributed by atoms with Gasteiger partial charge < -0.3 is 15.4 Å². The molecule has 0 unspecified atom stereocenters. The summed E-state index contributed by atoms with van der Waals surface area (Å²) in [7, 11) is 0. The molecule has 0 saturated heterocycles. The number of aryl methyl sites for hydroxylation is 1. The van der Waals surface area contributed by atoms with Crippen LogP contribution in [0.1, 0.15) is 22.8 Å². The van der Waals surface area contributed by atoms with Gasteiger partial charge in [-0.1, -0.05) is 24.3 Å². The largest absolute Gasteiger partial charge is 0.462 e. The fraction of sp³-hybridized carbons (Fsp3) is 0.176. The second-order valence-electron chi connectivity index (χ2n) is 4.70. The van der Waals surface area contributed by atoms with Gasteiger partial charge in [0.1, 0.15) is 0 Å². The number of ether oxygens (including phenoxy) is 1. The molecule has 2 aromatic rings. The number of anilines is 2. The molecule has 2 amide bonds. The molecule has 0 saturated carbocycles. The molecule has 2 rings (SSSR count). The zero-order valence-corrected chi connectivity index (χ0v) is 12.6. The van der Waals surface area contributed by atoms with Crippen LogP contribution in [0, 0.1) is 6.92 Å². The monoisotopic (exact) mass is 298 g/mol. The quantitative estimate of drug-likeness (QED) is 0.843. The molecule has 0 radical (unpaired) electrons. The van der Waals surface area contributed by atoms with E-state index >= 15 is 0 Å². The molecule has 5 nitrogen and oxygen atoms in total. The summed E-state index contributed by atoms with van der Waals surface area (Å²) in [5.74, 6) is -0.412. The Balaban J connectivity index is 2.04. The molecule has 2 aromatic carbocycles. The number of benzene rings is 2. The number of rotatable bonds is 4. The molecular formula is C17H18N2O3. The van der Waals surface area contributed by atoms with Gasteiger partial charge in [0.05, 0.1) is 12.2 Å². The number of nitrogens with one attached hydrogen (secondary N) is 2. The molecule has 0 aliphatic carbocycles. The third-order valence-corrected chi connectivity index (χ3v) is 3.02. The van der Waals surface area contributed by atoms with Crippen molar-refractivity contribution in [2.24, 2.45) is 0 Å². The van der Waals surface area contributed by atoms with E-state index in [9.17, 15) is 9.59 Å². The van der Waals surface area contributed by atoms with Gasteiger partial charge in [-0.2, -0.15) is 0 Å². The third kappa shape index (κ3) is 4.09. The van der Waals surface area contributed by atoms with Gasteiger partial charge in [-0.05, 0) is 43.7 Å². The lowest BCUT2D eigenvalue weighted by molar-refractivity contribution is 0.0526. The second kappa shape index (κ2) is 7.26. The highest BCUT2D eigenvalue weighted by Gasteiger charge is 2.09. The number of hydrogen-bond donors (Lipinski definition) is 2. The van der Waals surface area contributed by atoms with Crippen molar-refractivity contribution >= 4 is 23.4 Å². The van der Waals surface area contributed by atoms with Gasteiger partial charge in [-0.25, -0.2) is 9.59 Å². The number of amides is 2. The van der Waals surface area contributed by atoms with Crippen LogP contribution in [0.25, 0.3) is 0 Å². The molecule has 0 fully saturated rings. The van der Waals surface area contributed by atoms with Gasteiger partial charge in [-0.15, -0.1) is 0 Å². The normalized spacial score (nSPS) is 9.91. The summed E-state index contributed by atoms with van der Waals surface area (Å²) in [6.45, 7) is 3.97. The zero-order chi connectivity index (χ0) is 15.9. The topological polar surface area (TPSA) is 67.4 Å². The van der Waals surface area contributed by atoms with Crippen molar-refractivity contribution in [3.63, 3.8) is 0 Å². The summed E-state index contributed by atoms with van der Waals surface area (Å²) in [5, 5.41) is 5.46.